The number of rotatable bonds is 3. The van der Waals surface area contributed by atoms with Crippen LogP contribution < -0.4 is 11.1 Å². The summed E-state index contributed by atoms with van der Waals surface area (Å²) in [4.78, 5) is 12.8. The Balaban J connectivity index is 2.13. The Morgan fingerprint density at radius 1 is 1.37 bits per heavy atom. The maximum absolute atomic E-state index is 12.1. The number of para-hydroxylation sites is 1. The fourth-order valence-electron chi connectivity index (χ4n) is 1.71. The number of nitrogen functional groups attached to an aromatic ring is 1. The van der Waals surface area contributed by atoms with E-state index in [0.717, 1.165) is 13.8 Å². The van der Waals surface area contributed by atoms with Crippen LogP contribution in [0.25, 0.3) is 0 Å². The van der Waals surface area contributed by atoms with Crippen molar-refractivity contribution < 1.29 is 4.79 Å². The summed E-state index contributed by atoms with van der Waals surface area (Å²) in [6.07, 6.45) is 0. The van der Waals surface area contributed by atoms with Gasteiger partial charge in [-0.15, -0.1) is 11.3 Å². The quantitative estimate of drug-likeness (QED) is 0.748. The SMILES string of the molecule is CC(NC(=O)c1cc(Br)c(Br)s1)c1ccccc1N. The van der Waals surface area contributed by atoms with Gasteiger partial charge < -0.3 is 11.1 Å². The first kappa shape index (κ1) is 14.6. The molecule has 1 aromatic carbocycles. The molecule has 1 unspecified atom stereocenters. The van der Waals surface area contributed by atoms with Crippen molar-refractivity contribution in [3.8, 4) is 0 Å². The van der Waals surface area contributed by atoms with Crippen LogP contribution >= 0.6 is 43.2 Å². The molecule has 6 heteroatoms. The smallest absolute Gasteiger partial charge is 0.261 e. The number of anilines is 1. The first-order valence-electron chi connectivity index (χ1n) is 5.59. The van der Waals surface area contributed by atoms with Gasteiger partial charge >= 0.3 is 0 Å². The maximum Gasteiger partial charge on any atom is 0.261 e. The zero-order chi connectivity index (χ0) is 14.0. The van der Waals surface area contributed by atoms with Gasteiger partial charge in [-0.3, -0.25) is 4.79 Å². The van der Waals surface area contributed by atoms with Gasteiger partial charge in [-0.2, -0.15) is 0 Å². The first-order valence-corrected chi connectivity index (χ1v) is 7.99. The van der Waals surface area contributed by atoms with Crippen molar-refractivity contribution in [3.05, 3.63) is 49.0 Å². The number of carbonyl (C=O) groups is 1. The monoisotopic (exact) mass is 402 g/mol. The molecule has 0 spiro atoms. The van der Waals surface area contributed by atoms with Crippen LogP contribution in [-0.4, -0.2) is 5.91 Å². The molecule has 0 bridgehead atoms. The summed E-state index contributed by atoms with van der Waals surface area (Å²) in [5.41, 5.74) is 7.51. The lowest BCUT2D eigenvalue weighted by atomic mass is 10.1. The van der Waals surface area contributed by atoms with Crippen LogP contribution in [0.4, 0.5) is 5.69 Å². The number of nitrogens with two attached hydrogens (primary N) is 1. The van der Waals surface area contributed by atoms with Gasteiger partial charge in [0.1, 0.15) is 0 Å². The highest BCUT2D eigenvalue weighted by Gasteiger charge is 2.16. The maximum atomic E-state index is 12.1. The lowest BCUT2D eigenvalue weighted by Crippen LogP contribution is -2.26. The van der Waals surface area contributed by atoms with Gasteiger partial charge in [0.15, 0.2) is 0 Å². The number of carbonyl (C=O) groups excluding carboxylic acids is 1. The van der Waals surface area contributed by atoms with Gasteiger partial charge in [-0.1, -0.05) is 18.2 Å². The molecule has 0 aliphatic heterocycles. The first-order chi connectivity index (χ1) is 8.99. The zero-order valence-electron chi connectivity index (χ0n) is 10.1. The molecule has 1 aromatic heterocycles. The molecule has 3 nitrogen and oxygen atoms in total. The Morgan fingerprint density at radius 3 is 2.63 bits per heavy atom. The number of benzene rings is 1. The predicted octanol–water partition coefficient (Wildman–Crippen LogP) is 4.35. The third-order valence-electron chi connectivity index (χ3n) is 2.68. The molecule has 1 atom stereocenters. The summed E-state index contributed by atoms with van der Waals surface area (Å²) >= 11 is 8.14. The van der Waals surface area contributed by atoms with Crippen LogP contribution in [0.15, 0.2) is 38.6 Å². The summed E-state index contributed by atoms with van der Waals surface area (Å²) in [5.74, 6) is -0.104. The van der Waals surface area contributed by atoms with Crippen molar-refractivity contribution in [2.45, 2.75) is 13.0 Å². The topological polar surface area (TPSA) is 55.1 Å². The average molecular weight is 404 g/mol. The summed E-state index contributed by atoms with van der Waals surface area (Å²) in [6, 6.07) is 9.20. The van der Waals surface area contributed by atoms with Crippen LogP contribution in [0.3, 0.4) is 0 Å². The van der Waals surface area contributed by atoms with Crippen molar-refractivity contribution >= 4 is 54.8 Å². The van der Waals surface area contributed by atoms with Crippen molar-refractivity contribution in [3.63, 3.8) is 0 Å². The second-order valence-corrected chi connectivity index (χ2v) is 7.28. The van der Waals surface area contributed by atoms with E-state index < -0.39 is 0 Å². The minimum absolute atomic E-state index is 0.104. The number of hydrogen-bond donors (Lipinski definition) is 2. The minimum atomic E-state index is -0.131. The lowest BCUT2D eigenvalue weighted by molar-refractivity contribution is 0.0944. The molecule has 0 radical (unpaired) electrons. The van der Waals surface area contributed by atoms with E-state index in [-0.39, 0.29) is 11.9 Å². The average Bonchev–Trinajstić information content (AvgIpc) is 2.70. The zero-order valence-corrected chi connectivity index (χ0v) is 14.1. The Bertz CT molecular complexity index is 593. The molecular formula is C13H12Br2N2OS. The van der Waals surface area contributed by atoms with Gasteiger partial charge in [0.2, 0.25) is 0 Å². The van der Waals surface area contributed by atoms with Gasteiger partial charge in [-0.05, 0) is 56.5 Å². The van der Waals surface area contributed by atoms with Crippen molar-refractivity contribution in [1.82, 2.24) is 5.32 Å². The molecular weight excluding hydrogens is 392 g/mol. The van der Waals surface area contributed by atoms with Gasteiger partial charge in [0.05, 0.1) is 14.7 Å². The highest BCUT2D eigenvalue weighted by molar-refractivity contribution is 9.13. The molecule has 0 saturated heterocycles. The molecule has 0 aliphatic carbocycles. The van der Waals surface area contributed by atoms with Crippen molar-refractivity contribution in [2.24, 2.45) is 0 Å². The third-order valence-corrected chi connectivity index (χ3v) is 5.93. The molecule has 2 rings (SSSR count). The highest BCUT2D eigenvalue weighted by atomic mass is 79.9. The number of nitrogens with one attached hydrogen (secondary N) is 1. The van der Waals surface area contributed by atoms with Crippen LogP contribution in [-0.2, 0) is 0 Å². The fourth-order valence-corrected chi connectivity index (χ4v) is 3.65. The summed E-state index contributed by atoms with van der Waals surface area (Å²) in [6.45, 7) is 1.92. The molecule has 3 N–H and O–H groups in total. The Kier molecular flexibility index (Phi) is 4.65. The second-order valence-electron chi connectivity index (χ2n) is 4.06. The lowest BCUT2D eigenvalue weighted by Gasteiger charge is -2.15. The molecule has 0 saturated carbocycles. The van der Waals surface area contributed by atoms with E-state index in [1.54, 1.807) is 6.07 Å². The Hall–Kier alpha value is -0.850. The number of amides is 1. The second kappa shape index (κ2) is 6.07. The van der Waals surface area contributed by atoms with E-state index in [4.69, 9.17) is 5.73 Å². The number of thiophene rings is 1. The molecule has 0 fully saturated rings. The van der Waals surface area contributed by atoms with E-state index >= 15 is 0 Å². The molecule has 1 heterocycles. The van der Waals surface area contributed by atoms with E-state index in [1.807, 2.05) is 31.2 Å². The molecule has 19 heavy (non-hydrogen) atoms. The Labute approximate surface area is 132 Å². The van der Waals surface area contributed by atoms with E-state index in [2.05, 4.69) is 37.2 Å². The number of hydrogen-bond acceptors (Lipinski definition) is 3. The normalized spacial score (nSPS) is 12.2. The third kappa shape index (κ3) is 3.38. The fraction of sp³-hybridized carbons (Fsp3) is 0.154. The van der Waals surface area contributed by atoms with Crippen LogP contribution in [0.2, 0.25) is 0 Å². The van der Waals surface area contributed by atoms with E-state index in [1.165, 1.54) is 11.3 Å². The predicted molar refractivity (Wildman–Crippen MR) is 86.5 cm³/mol. The van der Waals surface area contributed by atoms with Crippen LogP contribution in [0, 0.1) is 0 Å². The molecule has 0 aliphatic rings. The minimum Gasteiger partial charge on any atom is -0.398 e. The van der Waals surface area contributed by atoms with Crippen LogP contribution in [0.5, 0.6) is 0 Å². The van der Waals surface area contributed by atoms with Crippen molar-refractivity contribution in [2.75, 3.05) is 5.73 Å². The van der Waals surface area contributed by atoms with Crippen LogP contribution in [0.1, 0.15) is 28.2 Å². The number of halogens is 2. The highest BCUT2D eigenvalue weighted by Crippen LogP contribution is 2.32. The van der Waals surface area contributed by atoms with E-state index in [0.29, 0.717) is 10.6 Å². The summed E-state index contributed by atoms with van der Waals surface area (Å²) < 4.78 is 1.79. The largest absolute Gasteiger partial charge is 0.398 e. The van der Waals surface area contributed by atoms with Gasteiger partial charge in [0.25, 0.3) is 5.91 Å². The molecule has 1 amide bonds. The Morgan fingerprint density at radius 2 is 2.05 bits per heavy atom. The standard InChI is InChI=1S/C13H12Br2N2OS/c1-7(8-4-2-3-5-10(8)16)17-13(18)11-6-9(14)12(15)19-11/h2-7H,16H2,1H3,(H,17,18). The van der Waals surface area contributed by atoms with Gasteiger partial charge in [0, 0.05) is 10.2 Å². The van der Waals surface area contributed by atoms with Gasteiger partial charge in [-0.25, -0.2) is 0 Å². The molecule has 2 aromatic rings. The van der Waals surface area contributed by atoms with E-state index in [9.17, 15) is 4.79 Å². The van der Waals surface area contributed by atoms with Crippen molar-refractivity contribution in [1.29, 1.82) is 0 Å². The molecule has 100 valence electrons. The summed E-state index contributed by atoms with van der Waals surface area (Å²) in [5, 5.41) is 2.94. The summed E-state index contributed by atoms with van der Waals surface area (Å²) in [7, 11) is 0.